The molecular formula is C26H20O2. The second-order valence-corrected chi connectivity index (χ2v) is 6.95. The van der Waals surface area contributed by atoms with Gasteiger partial charge in [-0.25, -0.2) is 0 Å². The molecular weight excluding hydrogens is 344 g/mol. The van der Waals surface area contributed by atoms with Gasteiger partial charge in [-0.05, 0) is 29.2 Å². The summed E-state index contributed by atoms with van der Waals surface area (Å²) in [4.78, 5) is 0. The lowest BCUT2D eigenvalue weighted by Crippen LogP contribution is -2.10. The molecule has 136 valence electrons. The molecule has 0 radical (unpaired) electrons. The molecule has 0 amide bonds. The lowest BCUT2D eigenvalue weighted by molar-refractivity contribution is 0.414. The van der Waals surface area contributed by atoms with Crippen LogP contribution in [0.1, 0.15) is 22.6 Å². The van der Waals surface area contributed by atoms with Crippen LogP contribution in [0.3, 0.4) is 0 Å². The van der Waals surface area contributed by atoms with Gasteiger partial charge in [0.05, 0.1) is 7.11 Å². The van der Waals surface area contributed by atoms with E-state index in [4.69, 9.17) is 9.47 Å². The molecule has 2 heteroatoms. The highest BCUT2D eigenvalue weighted by molar-refractivity contribution is 5.92. The van der Waals surface area contributed by atoms with Crippen molar-refractivity contribution in [2.45, 2.75) is 5.92 Å². The molecule has 0 fully saturated rings. The van der Waals surface area contributed by atoms with E-state index < -0.39 is 0 Å². The van der Waals surface area contributed by atoms with Gasteiger partial charge >= 0.3 is 0 Å². The van der Waals surface area contributed by atoms with E-state index in [0.29, 0.717) is 0 Å². The van der Waals surface area contributed by atoms with Gasteiger partial charge in [0, 0.05) is 22.4 Å². The minimum absolute atomic E-state index is 0.120. The van der Waals surface area contributed by atoms with Crippen LogP contribution in [-0.2, 0) is 0 Å². The first-order chi connectivity index (χ1) is 13.8. The molecule has 0 saturated carbocycles. The Balaban J connectivity index is 1.71. The van der Waals surface area contributed by atoms with E-state index in [0.717, 1.165) is 28.2 Å². The van der Waals surface area contributed by atoms with Crippen LogP contribution in [0.4, 0.5) is 0 Å². The van der Waals surface area contributed by atoms with Crippen LogP contribution < -0.4 is 9.47 Å². The highest BCUT2D eigenvalue weighted by atomic mass is 16.5. The molecule has 1 aliphatic rings. The van der Waals surface area contributed by atoms with Crippen molar-refractivity contribution >= 4 is 16.5 Å². The van der Waals surface area contributed by atoms with Gasteiger partial charge < -0.3 is 9.47 Å². The largest absolute Gasteiger partial charge is 0.497 e. The summed E-state index contributed by atoms with van der Waals surface area (Å²) in [5.41, 5.74) is 3.48. The molecule has 2 nitrogen and oxygen atoms in total. The van der Waals surface area contributed by atoms with Crippen molar-refractivity contribution in [1.29, 1.82) is 0 Å². The van der Waals surface area contributed by atoms with Crippen LogP contribution in [0, 0.1) is 0 Å². The van der Waals surface area contributed by atoms with Crippen LogP contribution in [-0.4, -0.2) is 7.11 Å². The van der Waals surface area contributed by atoms with Crippen LogP contribution in [0.2, 0.25) is 0 Å². The number of rotatable bonds is 3. The van der Waals surface area contributed by atoms with Gasteiger partial charge in [-0.3, -0.25) is 0 Å². The average molecular weight is 364 g/mol. The van der Waals surface area contributed by atoms with E-state index >= 15 is 0 Å². The van der Waals surface area contributed by atoms with Crippen LogP contribution >= 0.6 is 0 Å². The van der Waals surface area contributed by atoms with Gasteiger partial charge in [0.25, 0.3) is 0 Å². The number of ether oxygens (including phenoxy) is 2. The Morgan fingerprint density at radius 2 is 1.50 bits per heavy atom. The molecule has 28 heavy (non-hydrogen) atoms. The van der Waals surface area contributed by atoms with Crippen molar-refractivity contribution in [3.8, 4) is 11.5 Å². The zero-order chi connectivity index (χ0) is 18.9. The van der Waals surface area contributed by atoms with Gasteiger partial charge in [-0.1, -0.05) is 78.9 Å². The normalized spacial score (nSPS) is 15.5. The number of benzene rings is 4. The molecule has 4 aromatic rings. The van der Waals surface area contributed by atoms with Gasteiger partial charge in [-0.2, -0.15) is 0 Å². The van der Waals surface area contributed by atoms with Crippen molar-refractivity contribution < 1.29 is 9.47 Å². The second-order valence-electron chi connectivity index (χ2n) is 6.95. The molecule has 0 aliphatic carbocycles. The van der Waals surface area contributed by atoms with Crippen LogP contribution in [0.25, 0.3) is 16.5 Å². The zero-order valence-electron chi connectivity index (χ0n) is 15.6. The minimum atomic E-state index is 0.120. The standard InChI is InChI=1S/C26H20O2/c1-27-21-14-11-19(12-15-21)24-17-25(20-8-3-2-4-9-20)28-26-22-10-6-5-7-18(22)13-16-23(24)26/h2-17,24H,1H3. The number of methoxy groups -OCH3 is 1. The second kappa shape index (κ2) is 6.90. The smallest absolute Gasteiger partial charge is 0.139 e. The first-order valence-electron chi connectivity index (χ1n) is 9.44. The summed E-state index contributed by atoms with van der Waals surface area (Å²) in [6.07, 6.45) is 2.22. The molecule has 0 saturated heterocycles. The van der Waals surface area contributed by atoms with E-state index in [2.05, 4.69) is 66.7 Å². The first kappa shape index (κ1) is 16.6. The third kappa shape index (κ3) is 2.84. The Labute approximate surface area is 164 Å². The quantitative estimate of drug-likeness (QED) is 0.418. The third-order valence-electron chi connectivity index (χ3n) is 5.31. The molecule has 0 aromatic heterocycles. The van der Waals surface area contributed by atoms with Gasteiger partial charge in [0.1, 0.15) is 17.3 Å². The Morgan fingerprint density at radius 3 is 2.29 bits per heavy atom. The van der Waals surface area contributed by atoms with Crippen molar-refractivity contribution in [1.82, 2.24) is 0 Å². The van der Waals surface area contributed by atoms with E-state index in [1.165, 1.54) is 16.5 Å². The third-order valence-corrected chi connectivity index (χ3v) is 5.31. The average Bonchev–Trinajstić information content (AvgIpc) is 2.79. The SMILES string of the molecule is COc1ccc(C2C=C(c3ccccc3)Oc3c2ccc2ccccc32)cc1. The maximum absolute atomic E-state index is 6.46. The molecule has 0 spiro atoms. The summed E-state index contributed by atoms with van der Waals surface area (Å²) in [5.74, 6) is 2.82. The molecule has 1 heterocycles. The van der Waals surface area contributed by atoms with Gasteiger partial charge in [-0.15, -0.1) is 0 Å². The lowest BCUT2D eigenvalue weighted by atomic mass is 9.86. The molecule has 5 rings (SSSR count). The highest BCUT2D eigenvalue weighted by Gasteiger charge is 2.25. The van der Waals surface area contributed by atoms with Gasteiger partial charge in [0.15, 0.2) is 0 Å². The summed E-state index contributed by atoms with van der Waals surface area (Å²) in [6.45, 7) is 0. The Hall–Kier alpha value is -3.52. The number of allylic oxidation sites excluding steroid dienone is 1. The summed E-state index contributed by atoms with van der Waals surface area (Å²) >= 11 is 0. The maximum Gasteiger partial charge on any atom is 0.139 e. The predicted octanol–water partition coefficient (Wildman–Crippen LogP) is 6.41. The van der Waals surface area contributed by atoms with E-state index in [-0.39, 0.29) is 5.92 Å². The molecule has 0 N–H and O–H groups in total. The predicted molar refractivity (Wildman–Crippen MR) is 114 cm³/mol. The lowest BCUT2D eigenvalue weighted by Gasteiger charge is -2.27. The Bertz CT molecular complexity index is 1160. The number of hydrogen-bond donors (Lipinski definition) is 0. The molecule has 4 aromatic carbocycles. The van der Waals surface area contributed by atoms with Crippen molar-refractivity contribution in [3.63, 3.8) is 0 Å². The Morgan fingerprint density at radius 1 is 0.750 bits per heavy atom. The summed E-state index contributed by atoms with van der Waals surface area (Å²) in [5, 5.41) is 2.32. The van der Waals surface area contributed by atoms with Crippen LogP contribution in [0.5, 0.6) is 11.5 Å². The summed E-state index contributed by atoms with van der Waals surface area (Å²) < 4.78 is 11.8. The van der Waals surface area contributed by atoms with Crippen molar-refractivity contribution in [3.05, 3.63) is 114 Å². The topological polar surface area (TPSA) is 18.5 Å². The molecule has 1 atom stereocenters. The fraction of sp³-hybridized carbons (Fsp3) is 0.0769. The van der Waals surface area contributed by atoms with Crippen molar-refractivity contribution in [2.75, 3.05) is 7.11 Å². The van der Waals surface area contributed by atoms with E-state index in [1.54, 1.807) is 7.11 Å². The minimum Gasteiger partial charge on any atom is -0.497 e. The molecule has 1 unspecified atom stereocenters. The van der Waals surface area contributed by atoms with E-state index in [9.17, 15) is 0 Å². The monoisotopic (exact) mass is 364 g/mol. The van der Waals surface area contributed by atoms with Gasteiger partial charge in [0.2, 0.25) is 0 Å². The Kier molecular flexibility index (Phi) is 4.10. The zero-order valence-corrected chi connectivity index (χ0v) is 15.6. The van der Waals surface area contributed by atoms with E-state index in [1.807, 2.05) is 30.3 Å². The fourth-order valence-corrected chi connectivity index (χ4v) is 3.85. The molecule has 0 bridgehead atoms. The fourth-order valence-electron chi connectivity index (χ4n) is 3.85. The highest BCUT2D eigenvalue weighted by Crippen LogP contribution is 2.44. The van der Waals surface area contributed by atoms with Crippen LogP contribution in [0.15, 0.2) is 97.1 Å². The summed E-state index contributed by atoms with van der Waals surface area (Å²) in [6, 6.07) is 31.3. The van der Waals surface area contributed by atoms with Crippen molar-refractivity contribution in [2.24, 2.45) is 0 Å². The number of fused-ring (bicyclic) bond motifs is 3. The summed E-state index contributed by atoms with van der Waals surface area (Å²) in [7, 11) is 1.69. The number of hydrogen-bond acceptors (Lipinski definition) is 2. The maximum atomic E-state index is 6.46. The first-order valence-corrected chi connectivity index (χ1v) is 9.44. The molecule has 1 aliphatic heterocycles.